The second kappa shape index (κ2) is 4.36. The van der Waals surface area contributed by atoms with Crippen molar-refractivity contribution in [2.45, 2.75) is 0 Å². The molecule has 6 nitrogen and oxygen atoms in total. The van der Waals surface area contributed by atoms with E-state index in [2.05, 4.69) is 4.98 Å². The SMILES string of the molecule is NC(=O)n1c(O)c(-c2nc3ccccc3o2)c2ccccc21. The molecule has 4 rings (SSSR count). The molecule has 0 saturated heterocycles. The maximum absolute atomic E-state index is 11.6. The van der Waals surface area contributed by atoms with Gasteiger partial charge in [-0.3, -0.25) is 0 Å². The van der Waals surface area contributed by atoms with Crippen LogP contribution in [0.2, 0.25) is 0 Å². The molecule has 0 aliphatic heterocycles. The maximum Gasteiger partial charge on any atom is 0.326 e. The molecule has 2 aromatic heterocycles. The molecular formula is C16H11N3O3. The topological polar surface area (TPSA) is 94.3 Å². The molecule has 0 spiro atoms. The van der Waals surface area contributed by atoms with Crippen LogP contribution in [0.25, 0.3) is 33.5 Å². The van der Waals surface area contributed by atoms with Crippen LogP contribution < -0.4 is 5.73 Å². The van der Waals surface area contributed by atoms with Gasteiger partial charge in [-0.15, -0.1) is 0 Å². The Balaban J connectivity index is 2.10. The van der Waals surface area contributed by atoms with E-state index in [4.69, 9.17) is 10.2 Å². The average Bonchev–Trinajstić information content (AvgIpc) is 3.04. The zero-order valence-corrected chi connectivity index (χ0v) is 11.4. The van der Waals surface area contributed by atoms with Crippen molar-refractivity contribution >= 4 is 28.0 Å². The number of aromatic nitrogens is 2. The number of aromatic hydroxyl groups is 1. The molecule has 0 atom stereocenters. The number of para-hydroxylation sites is 3. The lowest BCUT2D eigenvalue weighted by Crippen LogP contribution is -2.18. The minimum atomic E-state index is -0.768. The Bertz CT molecular complexity index is 997. The smallest absolute Gasteiger partial charge is 0.326 e. The first kappa shape index (κ1) is 12.5. The summed E-state index contributed by atoms with van der Waals surface area (Å²) in [5.74, 6) is -0.0323. The van der Waals surface area contributed by atoms with Gasteiger partial charge in [0.2, 0.25) is 11.8 Å². The van der Waals surface area contributed by atoms with Crippen LogP contribution in [0.3, 0.4) is 0 Å². The van der Waals surface area contributed by atoms with E-state index in [1.165, 1.54) is 0 Å². The number of rotatable bonds is 1. The number of nitrogens with two attached hydrogens (primary N) is 1. The highest BCUT2D eigenvalue weighted by Crippen LogP contribution is 2.39. The third-order valence-corrected chi connectivity index (χ3v) is 3.58. The molecule has 0 aliphatic rings. The third kappa shape index (κ3) is 1.61. The number of hydrogen-bond donors (Lipinski definition) is 2. The van der Waals surface area contributed by atoms with Crippen molar-refractivity contribution < 1.29 is 14.3 Å². The average molecular weight is 293 g/mol. The van der Waals surface area contributed by atoms with Crippen molar-refractivity contribution in [2.24, 2.45) is 5.73 Å². The van der Waals surface area contributed by atoms with Crippen molar-refractivity contribution in [3.05, 3.63) is 48.5 Å². The van der Waals surface area contributed by atoms with Crippen molar-refractivity contribution in [1.29, 1.82) is 0 Å². The minimum Gasteiger partial charge on any atom is -0.494 e. The van der Waals surface area contributed by atoms with Gasteiger partial charge in [-0.2, -0.15) is 0 Å². The fraction of sp³-hybridized carbons (Fsp3) is 0. The van der Waals surface area contributed by atoms with Crippen LogP contribution in [0, 0.1) is 0 Å². The molecule has 0 radical (unpaired) electrons. The molecule has 0 fully saturated rings. The standard InChI is InChI=1S/C16H11N3O3/c17-16(21)19-11-7-3-1-5-9(11)13(15(19)20)14-18-10-6-2-4-8-12(10)22-14/h1-8,20H,(H2,17,21). The van der Waals surface area contributed by atoms with Gasteiger partial charge in [0.25, 0.3) is 0 Å². The number of primary amides is 1. The maximum atomic E-state index is 11.6. The number of amides is 1. The number of hydrogen-bond acceptors (Lipinski definition) is 4. The van der Waals surface area contributed by atoms with E-state index in [-0.39, 0.29) is 11.8 Å². The number of fused-ring (bicyclic) bond motifs is 2. The highest BCUT2D eigenvalue weighted by atomic mass is 16.4. The molecule has 0 bridgehead atoms. The molecule has 2 heterocycles. The lowest BCUT2D eigenvalue weighted by Gasteiger charge is -1.99. The second-order valence-electron chi connectivity index (χ2n) is 4.88. The van der Waals surface area contributed by atoms with Gasteiger partial charge in [0.15, 0.2) is 5.58 Å². The molecule has 0 aliphatic carbocycles. The van der Waals surface area contributed by atoms with Crippen molar-refractivity contribution in [1.82, 2.24) is 9.55 Å². The zero-order chi connectivity index (χ0) is 15.3. The summed E-state index contributed by atoms with van der Waals surface area (Å²) in [6.07, 6.45) is 0. The van der Waals surface area contributed by atoms with E-state index in [0.29, 0.717) is 27.6 Å². The molecule has 0 saturated carbocycles. The Kier molecular flexibility index (Phi) is 2.47. The van der Waals surface area contributed by atoms with Gasteiger partial charge in [-0.25, -0.2) is 14.3 Å². The summed E-state index contributed by atoms with van der Waals surface area (Å²) in [5, 5.41) is 11.1. The molecule has 2 aromatic carbocycles. The van der Waals surface area contributed by atoms with Crippen LogP contribution >= 0.6 is 0 Å². The van der Waals surface area contributed by atoms with Crippen LogP contribution in [0.15, 0.2) is 52.9 Å². The first-order chi connectivity index (χ1) is 10.7. The monoisotopic (exact) mass is 293 g/mol. The lowest BCUT2D eigenvalue weighted by atomic mass is 10.2. The quantitative estimate of drug-likeness (QED) is 0.564. The van der Waals surface area contributed by atoms with Crippen molar-refractivity contribution in [2.75, 3.05) is 0 Å². The molecule has 3 N–H and O–H groups in total. The van der Waals surface area contributed by atoms with Gasteiger partial charge in [0, 0.05) is 5.39 Å². The van der Waals surface area contributed by atoms with Crippen LogP contribution in [0.4, 0.5) is 4.79 Å². The summed E-state index contributed by atoms with van der Waals surface area (Å²) in [6, 6.07) is 13.6. The predicted molar refractivity (Wildman–Crippen MR) is 81.6 cm³/mol. The van der Waals surface area contributed by atoms with Gasteiger partial charge in [0.05, 0.1) is 5.52 Å². The van der Waals surface area contributed by atoms with Crippen LogP contribution in [-0.4, -0.2) is 20.7 Å². The number of oxazole rings is 1. The summed E-state index contributed by atoms with van der Waals surface area (Å²) in [6.45, 7) is 0. The Labute approximate surface area is 124 Å². The van der Waals surface area contributed by atoms with E-state index in [1.54, 1.807) is 30.3 Å². The first-order valence-electron chi connectivity index (χ1n) is 6.65. The van der Waals surface area contributed by atoms with Gasteiger partial charge in [0.1, 0.15) is 11.1 Å². The van der Waals surface area contributed by atoms with Gasteiger partial charge in [-0.05, 0) is 18.2 Å². The first-order valence-corrected chi connectivity index (χ1v) is 6.65. The van der Waals surface area contributed by atoms with E-state index in [0.717, 1.165) is 4.57 Å². The summed E-state index contributed by atoms with van der Waals surface area (Å²) >= 11 is 0. The molecule has 6 heteroatoms. The summed E-state index contributed by atoms with van der Waals surface area (Å²) in [7, 11) is 0. The number of carbonyl (C=O) groups excluding carboxylic acids is 1. The van der Waals surface area contributed by atoms with E-state index >= 15 is 0 Å². The summed E-state index contributed by atoms with van der Waals surface area (Å²) in [4.78, 5) is 16.0. The van der Waals surface area contributed by atoms with E-state index in [1.807, 2.05) is 18.2 Å². The number of carbonyl (C=O) groups is 1. The lowest BCUT2D eigenvalue weighted by molar-refractivity contribution is 0.248. The van der Waals surface area contributed by atoms with E-state index in [9.17, 15) is 9.90 Å². The molecule has 4 aromatic rings. The molecule has 1 amide bonds. The largest absolute Gasteiger partial charge is 0.494 e. The fourth-order valence-corrected chi connectivity index (χ4v) is 2.64. The molecule has 108 valence electrons. The van der Waals surface area contributed by atoms with Gasteiger partial charge >= 0.3 is 6.03 Å². The van der Waals surface area contributed by atoms with Gasteiger partial charge in [-0.1, -0.05) is 30.3 Å². The molecular weight excluding hydrogens is 282 g/mol. The fourth-order valence-electron chi connectivity index (χ4n) is 2.64. The van der Waals surface area contributed by atoms with Crippen LogP contribution in [0.5, 0.6) is 5.88 Å². The molecule has 22 heavy (non-hydrogen) atoms. The third-order valence-electron chi connectivity index (χ3n) is 3.58. The van der Waals surface area contributed by atoms with Crippen molar-refractivity contribution in [3.8, 4) is 17.3 Å². The van der Waals surface area contributed by atoms with Crippen LogP contribution in [0.1, 0.15) is 0 Å². The predicted octanol–water partition coefficient (Wildman–Crippen LogP) is 3.08. The van der Waals surface area contributed by atoms with E-state index < -0.39 is 6.03 Å². The Morgan fingerprint density at radius 1 is 1.14 bits per heavy atom. The van der Waals surface area contributed by atoms with Crippen LogP contribution in [-0.2, 0) is 0 Å². The molecule has 0 unspecified atom stereocenters. The Morgan fingerprint density at radius 2 is 1.86 bits per heavy atom. The Hall–Kier alpha value is -3.28. The summed E-state index contributed by atoms with van der Waals surface area (Å²) < 4.78 is 6.74. The number of nitrogens with zero attached hydrogens (tertiary/aromatic N) is 2. The second-order valence-corrected chi connectivity index (χ2v) is 4.88. The van der Waals surface area contributed by atoms with Crippen molar-refractivity contribution in [3.63, 3.8) is 0 Å². The highest BCUT2D eigenvalue weighted by Gasteiger charge is 2.24. The highest BCUT2D eigenvalue weighted by molar-refractivity contribution is 6.03. The number of benzene rings is 2. The normalized spacial score (nSPS) is 11.3. The Morgan fingerprint density at radius 3 is 2.64 bits per heavy atom. The van der Waals surface area contributed by atoms with Gasteiger partial charge < -0.3 is 15.3 Å². The summed E-state index contributed by atoms with van der Waals surface area (Å²) in [5.41, 5.74) is 7.50. The minimum absolute atomic E-state index is 0.245. The zero-order valence-electron chi connectivity index (χ0n) is 11.4.